The Labute approximate surface area is 120 Å². The first-order valence-electron chi connectivity index (χ1n) is 5.36. The lowest BCUT2D eigenvalue weighted by molar-refractivity contribution is 0.398. The van der Waals surface area contributed by atoms with E-state index in [-0.39, 0.29) is 16.7 Å². The Hall–Kier alpha value is -1.90. The first-order valence-corrected chi connectivity index (χ1v) is 7.29. The van der Waals surface area contributed by atoms with Crippen LogP contribution in [0.2, 0.25) is 5.02 Å². The molecule has 3 N–H and O–H groups in total. The van der Waals surface area contributed by atoms with Crippen molar-refractivity contribution >= 4 is 33.3 Å². The minimum Gasteiger partial charge on any atom is -0.480 e. The molecule has 0 amide bonds. The van der Waals surface area contributed by atoms with E-state index in [0.29, 0.717) is 10.7 Å². The van der Waals surface area contributed by atoms with Gasteiger partial charge in [-0.15, -0.1) is 0 Å². The molecule has 1 heterocycles. The van der Waals surface area contributed by atoms with Gasteiger partial charge in [0, 0.05) is 5.69 Å². The van der Waals surface area contributed by atoms with Gasteiger partial charge in [0.05, 0.1) is 18.2 Å². The molecule has 0 spiro atoms. The SMILES string of the molecule is COc1nc(Nc2ccc(S(N)(=O)=O)cc2)ncc1Cl. The largest absolute Gasteiger partial charge is 0.480 e. The van der Waals surface area contributed by atoms with Crippen LogP contribution in [-0.4, -0.2) is 25.5 Å². The molecule has 0 saturated heterocycles. The van der Waals surface area contributed by atoms with Gasteiger partial charge in [0.1, 0.15) is 5.02 Å². The van der Waals surface area contributed by atoms with Crippen molar-refractivity contribution in [1.82, 2.24) is 9.97 Å². The summed E-state index contributed by atoms with van der Waals surface area (Å²) in [5.74, 6) is 0.514. The van der Waals surface area contributed by atoms with E-state index in [1.54, 1.807) is 12.1 Å². The lowest BCUT2D eigenvalue weighted by atomic mass is 10.3. The highest BCUT2D eigenvalue weighted by Gasteiger charge is 2.08. The summed E-state index contributed by atoms with van der Waals surface area (Å²) in [5.41, 5.74) is 0.599. The summed E-state index contributed by atoms with van der Waals surface area (Å²) in [6.07, 6.45) is 1.40. The maximum atomic E-state index is 11.1. The Balaban J connectivity index is 2.22. The third kappa shape index (κ3) is 3.35. The molecular formula is C11H11ClN4O3S. The Morgan fingerprint density at radius 1 is 1.30 bits per heavy atom. The second kappa shape index (κ2) is 5.61. The third-order valence-electron chi connectivity index (χ3n) is 2.34. The molecule has 2 rings (SSSR count). The van der Waals surface area contributed by atoms with Gasteiger partial charge in [-0.3, -0.25) is 0 Å². The van der Waals surface area contributed by atoms with Crippen molar-refractivity contribution in [1.29, 1.82) is 0 Å². The normalized spacial score (nSPS) is 11.2. The predicted octanol–water partition coefficient (Wildman–Crippen LogP) is 1.53. The van der Waals surface area contributed by atoms with Gasteiger partial charge < -0.3 is 10.1 Å². The summed E-state index contributed by atoms with van der Waals surface area (Å²) in [6.45, 7) is 0. The first-order chi connectivity index (χ1) is 9.40. The number of ether oxygens (including phenoxy) is 1. The Morgan fingerprint density at radius 2 is 1.95 bits per heavy atom. The fourth-order valence-electron chi connectivity index (χ4n) is 1.41. The van der Waals surface area contributed by atoms with E-state index in [0.717, 1.165) is 0 Å². The zero-order chi connectivity index (χ0) is 14.8. The highest BCUT2D eigenvalue weighted by atomic mass is 35.5. The maximum absolute atomic E-state index is 11.1. The second-order valence-electron chi connectivity index (χ2n) is 3.75. The molecule has 1 aromatic heterocycles. The molecule has 1 aromatic carbocycles. The Bertz CT molecular complexity index is 719. The zero-order valence-electron chi connectivity index (χ0n) is 10.4. The average Bonchev–Trinajstić information content (AvgIpc) is 2.40. The summed E-state index contributed by atoms with van der Waals surface area (Å²) in [7, 11) is -2.26. The monoisotopic (exact) mass is 314 g/mol. The summed E-state index contributed by atoms with van der Waals surface area (Å²) < 4.78 is 27.2. The van der Waals surface area contributed by atoms with E-state index in [4.69, 9.17) is 21.5 Å². The van der Waals surface area contributed by atoms with Crippen molar-refractivity contribution in [3.8, 4) is 5.88 Å². The highest BCUT2D eigenvalue weighted by molar-refractivity contribution is 7.89. The van der Waals surface area contributed by atoms with E-state index >= 15 is 0 Å². The van der Waals surface area contributed by atoms with Gasteiger partial charge in [-0.25, -0.2) is 18.5 Å². The molecule has 0 aliphatic heterocycles. The van der Waals surface area contributed by atoms with Crippen LogP contribution in [0.15, 0.2) is 35.4 Å². The van der Waals surface area contributed by atoms with Crippen molar-refractivity contribution in [3.05, 3.63) is 35.5 Å². The van der Waals surface area contributed by atoms with Crippen LogP contribution in [0.3, 0.4) is 0 Å². The van der Waals surface area contributed by atoms with Crippen molar-refractivity contribution in [2.24, 2.45) is 5.14 Å². The smallest absolute Gasteiger partial charge is 0.238 e. The van der Waals surface area contributed by atoms with E-state index in [1.807, 2.05) is 0 Å². The molecule has 0 saturated carbocycles. The molecular weight excluding hydrogens is 304 g/mol. The van der Waals surface area contributed by atoms with E-state index in [1.165, 1.54) is 25.4 Å². The van der Waals surface area contributed by atoms with Gasteiger partial charge in [0.25, 0.3) is 0 Å². The predicted molar refractivity (Wildman–Crippen MR) is 74.7 cm³/mol. The average molecular weight is 315 g/mol. The maximum Gasteiger partial charge on any atom is 0.238 e. The van der Waals surface area contributed by atoms with E-state index in [2.05, 4.69) is 15.3 Å². The molecule has 9 heteroatoms. The third-order valence-corrected chi connectivity index (χ3v) is 3.53. The molecule has 7 nitrogen and oxygen atoms in total. The quantitative estimate of drug-likeness (QED) is 0.886. The van der Waals surface area contributed by atoms with Crippen molar-refractivity contribution < 1.29 is 13.2 Å². The van der Waals surface area contributed by atoms with E-state index < -0.39 is 10.0 Å². The van der Waals surface area contributed by atoms with Gasteiger partial charge >= 0.3 is 0 Å². The van der Waals surface area contributed by atoms with E-state index in [9.17, 15) is 8.42 Å². The number of anilines is 2. The summed E-state index contributed by atoms with van der Waals surface area (Å²) in [4.78, 5) is 8.04. The van der Waals surface area contributed by atoms with Crippen molar-refractivity contribution in [2.45, 2.75) is 4.90 Å². The molecule has 0 aliphatic rings. The molecule has 2 aromatic rings. The van der Waals surface area contributed by atoms with Gasteiger partial charge in [-0.1, -0.05) is 11.6 Å². The Kier molecular flexibility index (Phi) is 4.07. The number of rotatable bonds is 4. The van der Waals surface area contributed by atoms with Crippen LogP contribution in [0, 0.1) is 0 Å². The van der Waals surface area contributed by atoms with Crippen LogP contribution in [0.4, 0.5) is 11.6 Å². The number of nitrogens with zero attached hydrogens (tertiary/aromatic N) is 2. The molecule has 0 radical (unpaired) electrons. The van der Waals surface area contributed by atoms with Gasteiger partial charge in [-0.2, -0.15) is 4.98 Å². The van der Waals surface area contributed by atoms with Crippen LogP contribution in [0.1, 0.15) is 0 Å². The molecule has 0 aliphatic carbocycles. The summed E-state index contributed by atoms with van der Waals surface area (Å²) in [5, 5.41) is 8.19. The number of aromatic nitrogens is 2. The topological polar surface area (TPSA) is 107 Å². The number of hydrogen-bond donors (Lipinski definition) is 2. The summed E-state index contributed by atoms with van der Waals surface area (Å²) >= 11 is 5.81. The number of benzene rings is 1. The minimum atomic E-state index is -3.71. The molecule has 0 atom stereocenters. The van der Waals surface area contributed by atoms with Gasteiger partial charge in [0.2, 0.25) is 21.9 Å². The van der Waals surface area contributed by atoms with Gasteiger partial charge in [-0.05, 0) is 24.3 Å². The number of methoxy groups -OCH3 is 1. The number of hydrogen-bond acceptors (Lipinski definition) is 6. The second-order valence-corrected chi connectivity index (χ2v) is 5.71. The molecule has 0 unspecified atom stereocenters. The van der Waals surface area contributed by atoms with Crippen LogP contribution in [0.25, 0.3) is 0 Å². The van der Waals surface area contributed by atoms with Crippen LogP contribution >= 0.6 is 11.6 Å². The molecule has 0 bridgehead atoms. The fraction of sp³-hybridized carbons (Fsp3) is 0.0909. The number of primary sulfonamides is 1. The number of halogens is 1. The molecule has 20 heavy (non-hydrogen) atoms. The lowest BCUT2D eigenvalue weighted by Crippen LogP contribution is -2.11. The molecule has 0 fully saturated rings. The van der Waals surface area contributed by atoms with Crippen molar-refractivity contribution in [2.75, 3.05) is 12.4 Å². The first kappa shape index (κ1) is 14.5. The Morgan fingerprint density at radius 3 is 2.50 bits per heavy atom. The van der Waals surface area contributed by atoms with Gasteiger partial charge in [0.15, 0.2) is 0 Å². The van der Waals surface area contributed by atoms with Crippen LogP contribution in [-0.2, 0) is 10.0 Å². The standard InChI is InChI=1S/C11H11ClN4O3S/c1-19-10-9(12)6-14-11(16-10)15-7-2-4-8(5-3-7)20(13,17)18/h2-6H,1H3,(H2,13,17,18)(H,14,15,16). The van der Waals surface area contributed by atoms with Crippen molar-refractivity contribution in [3.63, 3.8) is 0 Å². The molecule has 106 valence electrons. The fourth-order valence-corrected chi connectivity index (χ4v) is 2.10. The number of sulfonamides is 1. The zero-order valence-corrected chi connectivity index (χ0v) is 11.9. The lowest BCUT2D eigenvalue weighted by Gasteiger charge is -2.07. The van der Waals surface area contributed by atoms with Crippen LogP contribution < -0.4 is 15.2 Å². The number of nitrogens with two attached hydrogens (primary N) is 1. The minimum absolute atomic E-state index is 0.0256. The summed E-state index contributed by atoms with van der Waals surface area (Å²) in [6, 6.07) is 5.85. The highest BCUT2D eigenvalue weighted by Crippen LogP contribution is 2.23. The number of nitrogens with one attached hydrogen (secondary N) is 1. The van der Waals surface area contributed by atoms with Crippen LogP contribution in [0.5, 0.6) is 5.88 Å².